The standard InChI is InChI=1S/C23H26N6O4S/c1-14-5-6-15(12-18(14)33-2)13-19-22(31)29(23(32)34-19)11-3-4-20(30)26-17-9-7-16(8-10-17)21(27-24)28-25/h5-10,12-13H,3-4,11,24-25H2,1-2H3,(H,26,30)(H,27,28)/b19-13-. The summed E-state index contributed by atoms with van der Waals surface area (Å²) in [4.78, 5) is 38.8. The van der Waals surface area contributed by atoms with Crippen molar-refractivity contribution in [2.24, 2.45) is 16.8 Å². The number of rotatable bonds is 8. The summed E-state index contributed by atoms with van der Waals surface area (Å²) in [5.41, 5.74) is 5.38. The van der Waals surface area contributed by atoms with Crippen LogP contribution in [-0.2, 0) is 9.59 Å². The van der Waals surface area contributed by atoms with Gasteiger partial charge in [0.25, 0.3) is 11.1 Å². The fourth-order valence-corrected chi connectivity index (χ4v) is 4.16. The molecule has 0 aromatic heterocycles. The molecule has 3 rings (SSSR count). The average Bonchev–Trinajstić information content (AvgIpc) is 3.09. The molecule has 3 amide bonds. The van der Waals surface area contributed by atoms with E-state index in [1.54, 1.807) is 37.5 Å². The SMILES string of the molecule is COc1cc(/C=C2\SC(=O)N(CCCC(=O)Nc3ccc(/C(=N/N)NN)cc3)C2=O)ccc1C. The first-order chi connectivity index (χ1) is 16.4. The maximum absolute atomic E-state index is 12.7. The van der Waals surface area contributed by atoms with Gasteiger partial charge in [-0.15, -0.1) is 0 Å². The Morgan fingerprint density at radius 1 is 1.21 bits per heavy atom. The summed E-state index contributed by atoms with van der Waals surface area (Å²) in [5.74, 6) is 11.0. The van der Waals surface area contributed by atoms with Crippen molar-refractivity contribution in [1.29, 1.82) is 0 Å². The van der Waals surface area contributed by atoms with Crippen LogP contribution in [0.3, 0.4) is 0 Å². The first kappa shape index (κ1) is 24.8. The summed E-state index contributed by atoms with van der Waals surface area (Å²) in [7, 11) is 1.58. The van der Waals surface area contributed by atoms with Gasteiger partial charge in [0.15, 0.2) is 5.84 Å². The van der Waals surface area contributed by atoms with Gasteiger partial charge in [0.05, 0.1) is 12.0 Å². The first-order valence-electron chi connectivity index (χ1n) is 10.4. The quantitative estimate of drug-likeness (QED) is 0.147. The van der Waals surface area contributed by atoms with Gasteiger partial charge in [0.2, 0.25) is 5.91 Å². The summed E-state index contributed by atoms with van der Waals surface area (Å²) in [5, 5.41) is 5.94. The summed E-state index contributed by atoms with van der Waals surface area (Å²) >= 11 is 0.888. The van der Waals surface area contributed by atoms with Crippen LogP contribution in [0.2, 0.25) is 0 Å². The van der Waals surface area contributed by atoms with Crippen LogP contribution < -0.4 is 27.2 Å². The second kappa shape index (κ2) is 11.3. The molecule has 1 heterocycles. The fourth-order valence-electron chi connectivity index (χ4n) is 3.30. The second-order valence-corrected chi connectivity index (χ2v) is 8.41. The van der Waals surface area contributed by atoms with E-state index in [0.29, 0.717) is 34.2 Å². The number of anilines is 1. The molecule has 0 unspecified atom stereocenters. The van der Waals surface area contributed by atoms with E-state index in [-0.39, 0.29) is 30.0 Å². The zero-order chi connectivity index (χ0) is 24.7. The molecule has 0 radical (unpaired) electrons. The number of hydrogen-bond acceptors (Lipinski definition) is 8. The highest BCUT2D eigenvalue weighted by atomic mass is 32.2. The Bertz CT molecular complexity index is 1150. The van der Waals surface area contributed by atoms with Crippen LogP contribution in [0.5, 0.6) is 5.75 Å². The number of ether oxygens (including phenoxy) is 1. The van der Waals surface area contributed by atoms with Gasteiger partial charge in [0, 0.05) is 24.2 Å². The van der Waals surface area contributed by atoms with Crippen molar-refractivity contribution in [1.82, 2.24) is 10.3 Å². The third-order valence-electron chi connectivity index (χ3n) is 5.10. The maximum atomic E-state index is 12.7. The lowest BCUT2D eigenvalue weighted by Crippen LogP contribution is -2.32. The van der Waals surface area contributed by atoms with Crippen molar-refractivity contribution in [3.63, 3.8) is 0 Å². The van der Waals surface area contributed by atoms with Crippen molar-refractivity contribution in [2.75, 3.05) is 19.0 Å². The summed E-state index contributed by atoms with van der Waals surface area (Å²) in [6, 6.07) is 12.4. The lowest BCUT2D eigenvalue weighted by Gasteiger charge is -2.12. The summed E-state index contributed by atoms with van der Waals surface area (Å²) in [6.45, 7) is 2.08. The number of nitrogens with one attached hydrogen (secondary N) is 2. The largest absolute Gasteiger partial charge is 0.496 e. The predicted octanol–water partition coefficient (Wildman–Crippen LogP) is 2.54. The normalized spacial score (nSPS) is 15.1. The Balaban J connectivity index is 1.53. The number of thioether (sulfide) groups is 1. The minimum Gasteiger partial charge on any atom is -0.496 e. The van der Waals surface area contributed by atoms with Crippen LogP contribution in [0.1, 0.15) is 29.5 Å². The van der Waals surface area contributed by atoms with Crippen LogP contribution in [0.4, 0.5) is 10.5 Å². The highest BCUT2D eigenvalue weighted by Crippen LogP contribution is 2.33. The van der Waals surface area contributed by atoms with Gasteiger partial charge in [0.1, 0.15) is 5.75 Å². The van der Waals surface area contributed by atoms with Crippen LogP contribution in [0, 0.1) is 6.92 Å². The Morgan fingerprint density at radius 3 is 2.59 bits per heavy atom. The van der Waals surface area contributed by atoms with Crippen molar-refractivity contribution in [3.05, 3.63) is 64.1 Å². The van der Waals surface area contributed by atoms with E-state index in [0.717, 1.165) is 27.8 Å². The number of imide groups is 1. The molecular weight excluding hydrogens is 456 g/mol. The Kier molecular flexibility index (Phi) is 8.28. The molecule has 1 aliphatic heterocycles. The zero-order valence-electron chi connectivity index (χ0n) is 18.8. The molecule has 1 fully saturated rings. The number of methoxy groups -OCH3 is 1. The number of aryl methyl sites for hydroxylation is 1. The van der Waals surface area contributed by atoms with Gasteiger partial charge in [-0.25, -0.2) is 5.84 Å². The van der Waals surface area contributed by atoms with Gasteiger partial charge in [-0.1, -0.05) is 12.1 Å². The smallest absolute Gasteiger partial charge is 0.293 e. The van der Waals surface area contributed by atoms with E-state index in [1.165, 1.54) is 0 Å². The summed E-state index contributed by atoms with van der Waals surface area (Å²) < 4.78 is 5.31. The minimum absolute atomic E-state index is 0.150. The van der Waals surface area contributed by atoms with E-state index in [4.69, 9.17) is 16.4 Å². The van der Waals surface area contributed by atoms with Gasteiger partial charge >= 0.3 is 0 Å². The molecule has 0 aliphatic carbocycles. The van der Waals surface area contributed by atoms with E-state index in [1.807, 2.05) is 25.1 Å². The van der Waals surface area contributed by atoms with Crippen molar-refractivity contribution < 1.29 is 19.1 Å². The van der Waals surface area contributed by atoms with Crippen LogP contribution in [-0.4, -0.2) is 41.4 Å². The number of benzene rings is 2. The van der Waals surface area contributed by atoms with Gasteiger partial charge in [-0.3, -0.25) is 19.3 Å². The Hall–Kier alpha value is -3.83. The zero-order valence-corrected chi connectivity index (χ0v) is 19.6. The number of carbonyl (C=O) groups is 3. The van der Waals surface area contributed by atoms with Gasteiger partial charge in [-0.2, -0.15) is 5.10 Å². The minimum atomic E-state index is -0.364. The van der Waals surface area contributed by atoms with E-state index in [2.05, 4.69) is 15.8 Å². The molecular formula is C23H26N6O4S. The molecule has 34 heavy (non-hydrogen) atoms. The van der Waals surface area contributed by atoms with Crippen LogP contribution in [0.25, 0.3) is 6.08 Å². The number of nitrogens with two attached hydrogens (primary N) is 2. The molecule has 10 nitrogen and oxygen atoms in total. The fraction of sp³-hybridized carbons (Fsp3) is 0.217. The molecule has 0 spiro atoms. The number of hydrazine groups is 1. The molecule has 178 valence electrons. The molecule has 0 saturated carbocycles. The van der Waals surface area contributed by atoms with E-state index in [9.17, 15) is 14.4 Å². The first-order valence-corrected chi connectivity index (χ1v) is 11.2. The highest BCUT2D eigenvalue weighted by Gasteiger charge is 2.34. The van der Waals surface area contributed by atoms with Crippen molar-refractivity contribution in [3.8, 4) is 5.75 Å². The average molecular weight is 483 g/mol. The molecule has 1 aliphatic rings. The molecule has 2 aromatic rings. The number of carbonyl (C=O) groups excluding carboxylic acids is 3. The molecule has 11 heteroatoms. The lowest BCUT2D eigenvalue weighted by molar-refractivity contribution is -0.123. The topological polar surface area (TPSA) is 152 Å². The molecule has 0 atom stereocenters. The van der Waals surface area contributed by atoms with Crippen LogP contribution in [0.15, 0.2) is 52.5 Å². The molecule has 6 N–H and O–H groups in total. The maximum Gasteiger partial charge on any atom is 0.293 e. The number of amidine groups is 1. The third-order valence-corrected chi connectivity index (χ3v) is 6.00. The monoisotopic (exact) mass is 482 g/mol. The highest BCUT2D eigenvalue weighted by molar-refractivity contribution is 8.18. The van der Waals surface area contributed by atoms with E-state index >= 15 is 0 Å². The van der Waals surface area contributed by atoms with Gasteiger partial charge < -0.3 is 21.3 Å². The van der Waals surface area contributed by atoms with Gasteiger partial charge in [-0.05, 0) is 72.6 Å². The number of hydrogen-bond donors (Lipinski definition) is 4. The number of nitrogens with zero attached hydrogens (tertiary/aromatic N) is 2. The molecule has 0 bridgehead atoms. The second-order valence-electron chi connectivity index (χ2n) is 7.41. The molecule has 2 aromatic carbocycles. The Labute approximate surface area is 201 Å². The number of hydrazone groups is 1. The van der Waals surface area contributed by atoms with Crippen LogP contribution >= 0.6 is 11.8 Å². The number of amides is 3. The molecule has 1 saturated heterocycles. The van der Waals surface area contributed by atoms with Crippen molar-refractivity contribution >= 4 is 46.4 Å². The summed E-state index contributed by atoms with van der Waals surface area (Å²) in [6.07, 6.45) is 2.16. The lowest BCUT2D eigenvalue weighted by atomic mass is 10.1. The predicted molar refractivity (Wildman–Crippen MR) is 133 cm³/mol. The Morgan fingerprint density at radius 2 is 1.94 bits per heavy atom. The van der Waals surface area contributed by atoms with E-state index < -0.39 is 0 Å². The van der Waals surface area contributed by atoms with Crippen molar-refractivity contribution in [2.45, 2.75) is 19.8 Å². The third kappa shape index (κ3) is 5.94.